The summed E-state index contributed by atoms with van der Waals surface area (Å²) < 4.78 is 5.40. The van der Waals surface area contributed by atoms with Crippen LogP contribution in [0.1, 0.15) is 11.1 Å². The molecule has 0 saturated heterocycles. The largest absolute Gasteiger partial charge is 0.421 e. The zero-order chi connectivity index (χ0) is 18.7. The number of carbonyl (C=O) groups is 1. The first-order chi connectivity index (χ1) is 13.3. The fraction of sp³-hybridized carbons (Fsp3) is 0.0417. The number of hydrogen-bond acceptors (Lipinski definition) is 2. The molecule has 27 heavy (non-hydrogen) atoms. The van der Waals surface area contributed by atoms with Crippen molar-refractivity contribution in [3.05, 3.63) is 102 Å². The van der Waals surface area contributed by atoms with Gasteiger partial charge in [-0.1, -0.05) is 66.4 Å². The van der Waals surface area contributed by atoms with Crippen molar-refractivity contribution in [2.75, 3.05) is 5.32 Å². The molecule has 0 unspecified atom stereocenters. The maximum absolute atomic E-state index is 12.2. The van der Waals surface area contributed by atoms with Gasteiger partial charge in [-0.15, -0.1) is 0 Å². The van der Waals surface area contributed by atoms with E-state index < -0.39 is 12.2 Å². The number of para-hydroxylation sites is 1. The molecule has 3 heteroatoms. The third kappa shape index (κ3) is 6.12. The van der Waals surface area contributed by atoms with Crippen molar-refractivity contribution in [3.8, 4) is 23.7 Å². The molecule has 1 N–H and O–H groups in total. The SMILES string of the molecule is O=C(Nc1ccccc1)OC(C#Cc1ccccc1)C#Cc1ccccc1. The summed E-state index contributed by atoms with van der Waals surface area (Å²) in [4.78, 5) is 12.2. The average Bonchev–Trinajstić information content (AvgIpc) is 2.72. The minimum absolute atomic E-state index is 0.601. The van der Waals surface area contributed by atoms with E-state index in [1.807, 2.05) is 78.9 Å². The van der Waals surface area contributed by atoms with Crippen LogP contribution in [-0.4, -0.2) is 12.2 Å². The number of benzene rings is 3. The van der Waals surface area contributed by atoms with Crippen LogP contribution in [0, 0.1) is 23.7 Å². The molecule has 3 aromatic carbocycles. The van der Waals surface area contributed by atoms with Gasteiger partial charge in [0.25, 0.3) is 0 Å². The predicted molar refractivity (Wildman–Crippen MR) is 107 cm³/mol. The Balaban J connectivity index is 1.76. The van der Waals surface area contributed by atoms with E-state index >= 15 is 0 Å². The van der Waals surface area contributed by atoms with E-state index in [1.165, 1.54) is 0 Å². The molecule has 3 rings (SSSR count). The highest BCUT2D eigenvalue weighted by Crippen LogP contribution is 2.06. The number of rotatable bonds is 2. The standard InChI is InChI=1S/C24H17NO2/c26-24(25-22-14-8-3-9-15-22)27-23(18-16-20-10-4-1-5-11-20)19-17-21-12-6-2-7-13-21/h1-15,23H,(H,25,26). The first-order valence-corrected chi connectivity index (χ1v) is 8.45. The Labute approximate surface area is 159 Å². The van der Waals surface area contributed by atoms with E-state index in [1.54, 1.807) is 12.1 Å². The second-order valence-electron chi connectivity index (χ2n) is 5.55. The van der Waals surface area contributed by atoms with Gasteiger partial charge in [-0.2, -0.15) is 0 Å². The molecule has 0 aromatic heterocycles. The molecule has 0 aliphatic rings. The zero-order valence-electron chi connectivity index (χ0n) is 14.6. The molecule has 0 atom stereocenters. The molecular weight excluding hydrogens is 334 g/mol. The van der Waals surface area contributed by atoms with Gasteiger partial charge in [0.05, 0.1) is 0 Å². The van der Waals surface area contributed by atoms with Crippen LogP contribution in [0.25, 0.3) is 0 Å². The van der Waals surface area contributed by atoms with Gasteiger partial charge >= 0.3 is 6.09 Å². The number of nitrogens with one attached hydrogen (secondary N) is 1. The topological polar surface area (TPSA) is 38.3 Å². The molecule has 0 bridgehead atoms. The van der Waals surface area contributed by atoms with Gasteiger partial charge in [0, 0.05) is 16.8 Å². The summed E-state index contributed by atoms with van der Waals surface area (Å²) in [5, 5.41) is 2.67. The first kappa shape index (κ1) is 17.9. The normalized spacial score (nSPS) is 9.37. The maximum atomic E-state index is 12.2. The Morgan fingerprint density at radius 2 is 1.15 bits per heavy atom. The summed E-state index contributed by atoms with van der Waals surface area (Å²) in [6.07, 6.45) is -1.45. The molecule has 3 aromatic rings. The van der Waals surface area contributed by atoms with Crippen LogP contribution >= 0.6 is 0 Å². The first-order valence-electron chi connectivity index (χ1n) is 8.45. The third-order valence-electron chi connectivity index (χ3n) is 3.49. The van der Waals surface area contributed by atoms with Crippen LogP contribution in [0.2, 0.25) is 0 Å². The van der Waals surface area contributed by atoms with Crippen molar-refractivity contribution in [1.29, 1.82) is 0 Å². The quantitative estimate of drug-likeness (QED) is 0.679. The number of hydrogen-bond donors (Lipinski definition) is 1. The minimum Gasteiger partial charge on any atom is -0.421 e. The minimum atomic E-state index is -0.853. The number of carbonyl (C=O) groups excluding carboxylic acids is 1. The Morgan fingerprint density at radius 1 is 0.704 bits per heavy atom. The second kappa shape index (κ2) is 9.51. The fourth-order valence-corrected chi connectivity index (χ4v) is 2.21. The zero-order valence-corrected chi connectivity index (χ0v) is 14.6. The lowest BCUT2D eigenvalue weighted by Gasteiger charge is -2.08. The summed E-state index contributed by atoms with van der Waals surface area (Å²) >= 11 is 0. The molecule has 0 heterocycles. The fourth-order valence-electron chi connectivity index (χ4n) is 2.21. The Bertz CT molecular complexity index is 934. The van der Waals surface area contributed by atoms with Crippen molar-refractivity contribution in [2.24, 2.45) is 0 Å². The van der Waals surface area contributed by atoms with Gasteiger partial charge in [0.15, 0.2) is 0 Å². The number of amides is 1. The van der Waals surface area contributed by atoms with Crippen LogP contribution in [0.15, 0.2) is 91.0 Å². The van der Waals surface area contributed by atoms with E-state index in [0.717, 1.165) is 11.1 Å². The second-order valence-corrected chi connectivity index (χ2v) is 5.55. The molecular formula is C24H17NO2. The van der Waals surface area contributed by atoms with Crippen LogP contribution in [-0.2, 0) is 4.74 Å². The van der Waals surface area contributed by atoms with Crippen LogP contribution in [0.4, 0.5) is 10.5 Å². The van der Waals surface area contributed by atoms with Gasteiger partial charge in [-0.25, -0.2) is 4.79 Å². The van der Waals surface area contributed by atoms with E-state index in [2.05, 4.69) is 29.0 Å². The highest BCUT2D eigenvalue weighted by Gasteiger charge is 2.09. The van der Waals surface area contributed by atoms with Crippen LogP contribution < -0.4 is 5.32 Å². The van der Waals surface area contributed by atoms with E-state index in [-0.39, 0.29) is 0 Å². The molecule has 0 aliphatic carbocycles. The molecule has 0 radical (unpaired) electrons. The molecule has 3 nitrogen and oxygen atoms in total. The molecule has 1 amide bonds. The van der Waals surface area contributed by atoms with Gasteiger partial charge in [0.1, 0.15) is 0 Å². The summed E-state index contributed by atoms with van der Waals surface area (Å²) in [6, 6.07) is 28.1. The summed E-state index contributed by atoms with van der Waals surface area (Å²) in [5.74, 6) is 11.8. The Kier molecular flexibility index (Phi) is 6.29. The van der Waals surface area contributed by atoms with Crippen molar-refractivity contribution in [1.82, 2.24) is 0 Å². The third-order valence-corrected chi connectivity index (χ3v) is 3.49. The maximum Gasteiger partial charge on any atom is 0.413 e. The van der Waals surface area contributed by atoms with E-state index in [9.17, 15) is 4.79 Å². The van der Waals surface area contributed by atoms with Crippen LogP contribution in [0.5, 0.6) is 0 Å². The summed E-state index contributed by atoms with van der Waals surface area (Å²) in [7, 11) is 0. The van der Waals surface area contributed by atoms with Crippen molar-refractivity contribution in [3.63, 3.8) is 0 Å². The van der Waals surface area contributed by atoms with E-state index in [0.29, 0.717) is 5.69 Å². The number of ether oxygens (including phenoxy) is 1. The Hall–Kier alpha value is -3.95. The highest BCUT2D eigenvalue weighted by atomic mass is 16.6. The Morgan fingerprint density at radius 3 is 1.63 bits per heavy atom. The highest BCUT2D eigenvalue weighted by molar-refractivity contribution is 5.85. The van der Waals surface area contributed by atoms with Gasteiger partial charge < -0.3 is 4.74 Å². The lowest BCUT2D eigenvalue weighted by molar-refractivity contribution is 0.158. The molecule has 0 saturated carbocycles. The average molecular weight is 351 g/mol. The lowest BCUT2D eigenvalue weighted by atomic mass is 10.2. The number of anilines is 1. The van der Waals surface area contributed by atoms with Gasteiger partial charge in [-0.05, 0) is 48.2 Å². The van der Waals surface area contributed by atoms with Crippen molar-refractivity contribution >= 4 is 11.8 Å². The summed E-state index contributed by atoms with van der Waals surface area (Å²) in [6.45, 7) is 0. The van der Waals surface area contributed by atoms with Gasteiger partial charge in [-0.3, -0.25) is 5.32 Å². The monoisotopic (exact) mass is 351 g/mol. The van der Waals surface area contributed by atoms with Crippen LogP contribution in [0.3, 0.4) is 0 Å². The molecule has 130 valence electrons. The summed E-state index contributed by atoms with van der Waals surface area (Å²) in [5.41, 5.74) is 2.31. The van der Waals surface area contributed by atoms with Crippen molar-refractivity contribution in [2.45, 2.75) is 6.10 Å². The van der Waals surface area contributed by atoms with Crippen molar-refractivity contribution < 1.29 is 9.53 Å². The van der Waals surface area contributed by atoms with E-state index in [4.69, 9.17) is 4.74 Å². The lowest BCUT2D eigenvalue weighted by Crippen LogP contribution is -2.20. The molecule has 0 spiro atoms. The smallest absolute Gasteiger partial charge is 0.413 e. The molecule has 0 aliphatic heterocycles. The van der Waals surface area contributed by atoms with Gasteiger partial charge in [0.2, 0.25) is 6.10 Å². The predicted octanol–water partition coefficient (Wildman–Crippen LogP) is 4.71. The molecule has 0 fully saturated rings.